The van der Waals surface area contributed by atoms with E-state index in [9.17, 15) is 4.79 Å². The molecule has 0 fully saturated rings. The minimum atomic E-state index is -0.983. The number of methoxy groups -OCH3 is 1. The van der Waals surface area contributed by atoms with Crippen LogP contribution >= 0.6 is 0 Å². The Balaban J connectivity index is 2.31. The van der Waals surface area contributed by atoms with Crippen molar-refractivity contribution in [2.75, 3.05) is 7.11 Å². The highest BCUT2D eigenvalue weighted by Crippen LogP contribution is 2.23. The normalized spacial score (nSPS) is 10.2. The van der Waals surface area contributed by atoms with Crippen LogP contribution < -0.4 is 4.74 Å². The highest BCUT2D eigenvalue weighted by molar-refractivity contribution is 5.88. The van der Waals surface area contributed by atoms with Crippen LogP contribution in [0.3, 0.4) is 0 Å². The predicted octanol–water partition coefficient (Wildman–Crippen LogP) is 2.58. The van der Waals surface area contributed by atoms with Crippen LogP contribution in [0.25, 0.3) is 0 Å². The summed E-state index contributed by atoms with van der Waals surface area (Å²) in [6.45, 7) is 0. The van der Waals surface area contributed by atoms with Crippen molar-refractivity contribution >= 4 is 5.97 Å². The number of ether oxygens (including phenoxy) is 1. The van der Waals surface area contributed by atoms with Gasteiger partial charge in [0.15, 0.2) is 0 Å². The standard InChI is InChI=1S/C13H12O4/c1-16-11-5-3-2-4-9(11)8-12-10(13(14)15)6-7-17-12/h2-7H,8H2,1H3,(H,14,15). The van der Waals surface area contributed by atoms with Gasteiger partial charge in [-0.1, -0.05) is 18.2 Å². The Hall–Kier alpha value is -2.23. The number of rotatable bonds is 4. The second-order valence-electron chi connectivity index (χ2n) is 3.55. The van der Waals surface area contributed by atoms with Crippen molar-refractivity contribution in [3.05, 3.63) is 53.5 Å². The van der Waals surface area contributed by atoms with E-state index in [-0.39, 0.29) is 5.56 Å². The van der Waals surface area contributed by atoms with Gasteiger partial charge in [0.05, 0.1) is 13.4 Å². The maximum absolute atomic E-state index is 10.9. The van der Waals surface area contributed by atoms with Gasteiger partial charge in [-0.05, 0) is 12.1 Å². The molecule has 0 aliphatic heterocycles. The van der Waals surface area contributed by atoms with Crippen LogP contribution in [0.15, 0.2) is 41.0 Å². The lowest BCUT2D eigenvalue weighted by Crippen LogP contribution is -2.00. The molecule has 0 unspecified atom stereocenters. The largest absolute Gasteiger partial charge is 0.496 e. The van der Waals surface area contributed by atoms with Crippen molar-refractivity contribution in [2.45, 2.75) is 6.42 Å². The molecule has 17 heavy (non-hydrogen) atoms. The molecule has 2 rings (SSSR count). The van der Waals surface area contributed by atoms with Gasteiger partial charge in [0.25, 0.3) is 0 Å². The van der Waals surface area contributed by atoms with Crippen molar-refractivity contribution in [3.63, 3.8) is 0 Å². The fraction of sp³-hybridized carbons (Fsp3) is 0.154. The zero-order chi connectivity index (χ0) is 12.3. The number of hydrogen-bond donors (Lipinski definition) is 1. The molecule has 4 heteroatoms. The maximum atomic E-state index is 10.9. The van der Waals surface area contributed by atoms with Crippen LogP contribution in [0.5, 0.6) is 5.75 Å². The van der Waals surface area contributed by atoms with Gasteiger partial charge in [-0.25, -0.2) is 4.79 Å². The third-order valence-electron chi connectivity index (χ3n) is 2.52. The average molecular weight is 232 g/mol. The van der Waals surface area contributed by atoms with E-state index in [0.29, 0.717) is 12.2 Å². The number of aromatic carboxylic acids is 1. The lowest BCUT2D eigenvalue weighted by molar-refractivity contribution is 0.0694. The van der Waals surface area contributed by atoms with Crippen molar-refractivity contribution in [2.24, 2.45) is 0 Å². The number of carboxylic acid groups (broad SMARTS) is 1. The Morgan fingerprint density at radius 2 is 2.12 bits per heavy atom. The van der Waals surface area contributed by atoms with E-state index in [0.717, 1.165) is 11.3 Å². The number of carbonyl (C=O) groups is 1. The van der Waals surface area contributed by atoms with Gasteiger partial charge < -0.3 is 14.3 Å². The summed E-state index contributed by atoms with van der Waals surface area (Å²) < 4.78 is 10.4. The summed E-state index contributed by atoms with van der Waals surface area (Å²) in [6, 6.07) is 8.91. The molecule has 1 heterocycles. The Morgan fingerprint density at radius 1 is 1.35 bits per heavy atom. The first-order chi connectivity index (χ1) is 8.22. The number of furan rings is 1. The van der Waals surface area contributed by atoms with Crippen LogP contribution in [-0.2, 0) is 6.42 Å². The fourth-order valence-electron chi connectivity index (χ4n) is 1.69. The summed E-state index contributed by atoms with van der Waals surface area (Å²) in [5, 5.41) is 8.97. The summed E-state index contributed by atoms with van der Waals surface area (Å²) in [6.07, 6.45) is 1.78. The molecule has 0 bridgehead atoms. The van der Waals surface area contributed by atoms with Crippen molar-refractivity contribution in [3.8, 4) is 5.75 Å². The quantitative estimate of drug-likeness (QED) is 0.880. The van der Waals surface area contributed by atoms with Crippen LogP contribution in [-0.4, -0.2) is 18.2 Å². The number of benzene rings is 1. The van der Waals surface area contributed by atoms with Gasteiger partial charge in [-0.2, -0.15) is 0 Å². The monoisotopic (exact) mass is 232 g/mol. The Labute approximate surface area is 98.4 Å². The fourth-order valence-corrected chi connectivity index (χ4v) is 1.69. The highest BCUT2D eigenvalue weighted by atomic mass is 16.5. The molecule has 0 saturated heterocycles. The molecule has 1 aromatic heterocycles. The van der Waals surface area contributed by atoms with E-state index in [1.54, 1.807) is 7.11 Å². The molecule has 0 radical (unpaired) electrons. The summed E-state index contributed by atoms with van der Waals surface area (Å²) >= 11 is 0. The summed E-state index contributed by atoms with van der Waals surface area (Å²) in [7, 11) is 1.58. The highest BCUT2D eigenvalue weighted by Gasteiger charge is 2.15. The lowest BCUT2D eigenvalue weighted by atomic mass is 10.1. The van der Waals surface area contributed by atoms with E-state index < -0.39 is 5.97 Å². The lowest BCUT2D eigenvalue weighted by Gasteiger charge is -2.06. The van der Waals surface area contributed by atoms with E-state index in [1.807, 2.05) is 24.3 Å². The summed E-state index contributed by atoms with van der Waals surface area (Å²) in [4.78, 5) is 10.9. The second kappa shape index (κ2) is 4.74. The Kier molecular flexibility index (Phi) is 3.14. The Morgan fingerprint density at radius 3 is 2.82 bits per heavy atom. The second-order valence-corrected chi connectivity index (χ2v) is 3.55. The molecule has 1 aromatic carbocycles. The van der Waals surface area contributed by atoms with Crippen LogP contribution in [0.2, 0.25) is 0 Å². The van der Waals surface area contributed by atoms with Gasteiger partial charge >= 0.3 is 5.97 Å². The van der Waals surface area contributed by atoms with Crippen LogP contribution in [0, 0.1) is 0 Å². The van der Waals surface area contributed by atoms with Crippen LogP contribution in [0.1, 0.15) is 21.7 Å². The number of para-hydroxylation sites is 1. The van der Waals surface area contributed by atoms with Crippen LogP contribution in [0.4, 0.5) is 0 Å². The first-order valence-electron chi connectivity index (χ1n) is 5.14. The summed E-state index contributed by atoms with van der Waals surface area (Å²) in [5.74, 6) is 0.172. The molecule has 2 aromatic rings. The van der Waals surface area contributed by atoms with E-state index in [1.165, 1.54) is 12.3 Å². The number of hydrogen-bond acceptors (Lipinski definition) is 3. The summed E-state index contributed by atoms with van der Waals surface area (Å²) in [5.41, 5.74) is 1.09. The maximum Gasteiger partial charge on any atom is 0.339 e. The zero-order valence-electron chi connectivity index (χ0n) is 9.34. The average Bonchev–Trinajstić information content (AvgIpc) is 2.78. The van der Waals surface area contributed by atoms with E-state index in [2.05, 4.69) is 0 Å². The molecule has 0 amide bonds. The molecule has 0 aliphatic rings. The zero-order valence-corrected chi connectivity index (χ0v) is 9.34. The van der Waals surface area contributed by atoms with Gasteiger partial charge in [0.2, 0.25) is 0 Å². The predicted molar refractivity (Wildman–Crippen MR) is 61.5 cm³/mol. The third-order valence-corrected chi connectivity index (χ3v) is 2.52. The molecule has 1 N–H and O–H groups in total. The number of carboxylic acids is 1. The Bertz CT molecular complexity index is 528. The molecule has 4 nitrogen and oxygen atoms in total. The minimum absolute atomic E-state index is 0.191. The topological polar surface area (TPSA) is 59.7 Å². The molecular weight excluding hydrogens is 220 g/mol. The van der Waals surface area contributed by atoms with Gasteiger partial charge in [0, 0.05) is 12.0 Å². The van der Waals surface area contributed by atoms with Gasteiger partial charge in [-0.15, -0.1) is 0 Å². The molecule has 0 aliphatic carbocycles. The molecule has 88 valence electrons. The van der Waals surface area contributed by atoms with E-state index >= 15 is 0 Å². The first-order valence-corrected chi connectivity index (χ1v) is 5.14. The van der Waals surface area contributed by atoms with Gasteiger partial charge in [0.1, 0.15) is 17.1 Å². The molecule has 0 saturated carbocycles. The van der Waals surface area contributed by atoms with E-state index in [4.69, 9.17) is 14.3 Å². The first kappa shape index (κ1) is 11.3. The minimum Gasteiger partial charge on any atom is -0.496 e. The van der Waals surface area contributed by atoms with Crippen molar-refractivity contribution in [1.29, 1.82) is 0 Å². The molecule has 0 atom stereocenters. The van der Waals surface area contributed by atoms with Gasteiger partial charge in [-0.3, -0.25) is 0 Å². The SMILES string of the molecule is COc1ccccc1Cc1occc1C(=O)O. The molecule has 0 spiro atoms. The van der Waals surface area contributed by atoms with Crippen molar-refractivity contribution in [1.82, 2.24) is 0 Å². The third kappa shape index (κ3) is 2.30. The molecular formula is C13H12O4. The smallest absolute Gasteiger partial charge is 0.339 e. The van der Waals surface area contributed by atoms with Crippen molar-refractivity contribution < 1.29 is 19.1 Å².